The molecule has 0 aromatic heterocycles. The summed E-state index contributed by atoms with van der Waals surface area (Å²) < 4.78 is 20.2. The molecule has 0 saturated carbocycles. The van der Waals surface area contributed by atoms with Gasteiger partial charge in [-0.3, -0.25) is 4.79 Å². The largest absolute Gasteiger partial charge is 0.478 e. The number of nitrogens with zero attached hydrogens (tertiary/aromatic N) is 3. The highest BCUT2D eigenvalue weighted by molar-refractivity contribution is 5.98. The van der Waals surface area contributed by atoms with Crippen molar-refractivity contribution in [1.82, 2.24) is 0 Å². The molecule has 1 rings (SSSR count). The first-order valence-corrected chi connectivity index (χ1v) is 7.76. The molecule has 0 radical (unpaired) electrons. The standard InChI is InChI=1S/C16H19N3O7/c1-3-23-15(21)9-25-13-6-5-11(12(20)8-18-19-17)7-14(13)26-10-16(22)24-4-2/h5-7H,3-4,8-10H2,1-2H3. The summed E-state index contributed by atoms with van der Waals surface area (Å²) in [6.07, 6.45) is 0. The van der Waals surface area contributed by atoms with Crippen LogP contribution in [0.5, 0.6) is 11.5 Å². The van der Waals surface area contributed by atoms with Crippen molar-refractivity contribution in [1.29, 1.82) is 0 Å². The number of rotatable bonds is 11. The fourth-order valence-corrected chi connectivity index (χ4v) is 1.78. The fourth-order valence-electron chi connectivity index (χ4n) is 1.78. The van der Waals surface area contributed by atoms with Crippen LogP contribution in [0.1, 0.15) is 24.2 Å². The quantitative estimate of drug-likeness (QED) is 0.192. The molecule has 0 amide bonds. The molecule has 0 heterocycles. The van der Waals surface area contributed by atoms with Crippen molar-refractivity contribution < 1.29 is 33.3 Å². The normalized spacial score (nSPS) is 9.62. The van der Waals surface area contributed by atoms with Crippen molar-refractivity contribution in [3.63, 3.8) is 0 Å². The first-order chi connectivity index (χ1) is 12.5. The van der Waals surface area contributed by atoms with E-state index in [2.05, 4.69) is 10.0 Å². The van der Waals surface area contributed by atoms with Crippen LogP contribution in [0, 0.1) is 0 Å². The lowest BCUT2D eigenvalue weighted by atomic mass is 10.1. The lowest BCUT2D eigenvalue weighted by molar-refractivity contribution is -0.146. The smallest absolute Gasteiger partial charge is 0.344 e. The average molecular weight is 365 g/mol. The van der Waals surface area contributed by atoms with Gasteiger partial charge < -0.3 is 18.9 Å². The van der Waals surface area contributed by atoms with E-state index in [0.717, 1.165) is 0 Å². The highest BCUT2D eigenvalue weighted by atomic mass is 16.6. The number of hydrogen-bond donors (Lipinski definition) is 0. The van der Waals surface area contributed by atoms with Gasteiger partial charge in [0, 0.05) is 10.5 Å². The maximum absolute atomic E-state index is 11.9. The minimum Gasteiger partial charge on any atom is -0.478 e. The number of Topliss-reactive ketones (excluding diaryl/α,β-unsaturated/α-hetero) is 1. The SMILES string of the molecule is CCOC(=O)COc1ccc(C(=O)CN=[N+]=[N-])cc1OCC(=O)OCC. The van der Waals surface area contributed by atoms with Gasteiger partial charge >= 0.3 is 11.9 Å². The number of benzene rings is 1. The molecule has 0 aliphatic carbocycles. The fraction of sp³-hybridized carbons (Fsp3) is 0.438. The van der Waals surface area contributed by atoms with E-state index in [0.29, 0.717) is 0 Å². The van der Waals surface area contributed by atoms with Crippen LogP contribution in [0.15, 0.2) is 23.3 Å². The molecule has 0 saturated heterocycles. The van der Waals surface area contributed by atoms with E-state index in [4.69, 9.17) is 24.5 Å². The van der Waals surface area contributed by atoms with Gasteiger partial charge in [0.2, 0.25) is 0 Å². The Morgan fingerprint density at radius 2 is 1.58 bits per heavy atom. The van der Waals surface area contributed by atoms with Gasteiger partial charge in [0.15, 0.2) is 30.5 Å². The van der Waals surface area contributed by atoms with Gasteiger partial charge in [0.05, 0.1) is 19.8 Å². The molecule has 10 nitrogen and oxygen atoms in total. The summed E-state index contributed by atoms with van der Waals surface area (Å²) in [6.45, 7) is 2.58. The maximum atomic E-state index is 11.9. The molecule has 0 bridgehead atoms. The zero-order valence-electron chi connectivity index (χ0n) is 14.5. The first kappa shape index (κ1) is 20.8. The molecule has 0 aliphatic heterocycles. The topological polar surface area (TPSA) is 137 Å². The highest BCUT2D eigenvalue weighted by Crippen LogP contribution is 2.29. The molecule has 10 heteroatoms. The van der Waals surface area contributed by atoms with Gasteiger partial charge in [-0.05, 0) is 37.6 Å². The van der Waals surface area contributed by atoms with Crippen LogP contribution >= 0.6 is 0 Å². The van der Waals surface area contributed by atoms with Crippen LogP contribution in [-0.4, -0.2) is 50.7 Å². The van der Waals surface area contributed by atoms with Crippen molar-refractivity contribution in [3.8, 4) is 11.5 Å². The Labute approximate surface area is 149 Å². The van der Waals surface area contributed by atoms with Crippen LogP contribution in [0.2, 0.25) is 0 Å². The average Bonchev–Trinajstić information content (AvgIpc) is 2.63. The number of ether oxygens (including phenoxy) is 4. The van der Waals surface area contributed by atoms with Crippen molar-refractivity contribution in [2.24, 2.45) is 5.11 Å². The third-order valence-electron chi connectivity index (χ3n) is 2.84. The van der Waals surface area contributed by atoms with Crippen molar-refractivity contribution in [2.75, 3.05) is 33.0 Å². The molecular weight excluding hydrogens is 346 g/mol. The van der Waals surface area contributed by atoms with Gasteiger partial charge in [-0.1, -0.05) is 5.11 Å². The Morgan fingerprint density at radius 1 is 1.00 bits per heavy atom. The van der Waals surface area contributed by atoms with Gasteiger partial charge in [-0.15, -0.1) is 0 Å². The van der Waals surface area contributed by atoms with Crippen LogP contribution in [0.3, 0.4) is 0 Å². The lowest BCUT2D eigenvalue weighted by Crippen LogP contribution is -2.17. The van der Waals surface area contributed by atoms with E-state index < -0.39 is 24.3 Å². The summed E-state index contributed by atoms with van der Waals surface area (Å²) in [5.41, 5.74) is 8.48. The van der Waals surface area contributed by atoms with Crippen molar-refractivity contribution >= 4 is 17.7 Å². The van der Waals surface area contributed by atoms with E-state index in [1.165, 1.54) is 18.2 Å². The van der Waals surface area contributed by atoms with Gasteiger partial charge in [-0.25, -0.2) is 9.59 Å². The second-order valence-corrected chi connectivity index (χ2v) is 4.66. The summed E-state index contributed by atoms with van der Waals surface area (Å²) in [5.74, 6) is -1.42. The number of azide groups is 1. The highest BCUT2D eigenvalue weighted by Gasteiger charge is 2.14. The minimum absolute atomic E-state index is 0.0640. The zero-order valence-corrected chi connectivity index (χ0v) is 14.5. The third kappa shape index (κ3) is 7.10. The Hall–Kier alpha value is -3.26. The predicted molar refractivity (Wildman–Crippen MR) is 89.0 cm³/mol. The van der Waals surface area contributed by atoms with Crippen molar-refractivity contribution in [3.05, 3.63) is 34.2 Å². The van der Waals surface area contributed by atoms with Crippen LogP contribution < -0.4 is 9.47 Å². The third-order valence-corrected chi connectivity index (χ3v) is 2.84. The molecule has 0 unspecified atom stereocenters. The number of carbonyl (C=O) groups excluding carboxylic acids is 3. The second-order valence-electron chi connectivity index (χ2n) is 4.66. The monoisotopic (exact) mass is 365 g/mol. The second kappa shape index (κ2) is 11.3. The Morgan fingerprint density at radius 3 is 2.12 bits per heavy atom. The maximum Gasteiger partial charge on any atom is 0.344 e. The van der Waals surface area contributed by atoms with Crippen molar-refractivity contribution in [2.45, 2.75) is 13.8 Å². The minimum atomic E-state index is -0.602. The first-order valence-electron chi connectivity index (χ1n) is 7.76. The molecule has 0 atom stereocenters. The molecule has 0 fully saturated rings. The van der Waals surface area contributed by atoms with Crippen LogP contribution in [-0.2, 0) is 19.1 Å². The van der Waals surface area contributed by atoms with E-state index in [1.807, 2.05) is 0 Å². The summed E-state index contributed by atoms with van der Waals surface area (Å²) in [6, 6.07) is 4.16. The number of hydrogen-bond acceptors (Lipinski definition) is 8. The Balaban J connectivity index is 2.94. The molecule has 0 spiro atoms. The molecular formula is C16H19N3O7. The number of ketones is 1. The molecule has 0 aliphatic rings. The van der Waals surface area contributed by atoms with E-state index >= 15 is 0 Å². The summed E-state index contributed by atoms with van der Waals surface area (Å²) in [7, 11) is 0. The van der Waals surface area contributed by atoms with E-state index in [9.17, 15) is 14.4 Å². The van der Waals surface area contributed by atoms with Gasteiger partial charge in [0.25, 0.3) is 0 Å². The van der Waals surface area contributed by atoms with E-state index in [1.54, 1.807) is 13.8 Å². The Bertz CT molecular complexity index is 699. The van der Waals surface area contributed by atoms with Crippen LogP contribution in [0.4, 0.5) is 0 Å². The summed E-state index contributed by atoms with van der Waals surface area (Å²) >= 11 is 0. The van der Waals surface area contributed by atoms with Crippen LogP contribution in [0.25, 0.3) is 10.4 Å². The zero-order chi connectivity index (χ0) is 19.4. The van der Waals surface area contributed by atoms with E-state index in [-0.39, 0.29) is 43.4 Å². The molecule has 140 valence electrons. The molecule has 26 heavy (non-hydrogen) atoms. The predicted octanol–water partition coefficient (Wildman–Crippen LogP) is 2.06. The lowest BCUT2D eigenvalue weighted by Gasteiger charge is -2.13. The van der Waals surface area contributed by atoms with Gasteiger partial charge in [-0.2, -0.15) is 0 Å². The number of esters is 2. The summed E-state index contributed by atoms with van der Waals surface area (Å²) in [4.78, 5) is 37.3. The molecule has 0 N–H and O–H groups in total. The summed E-state index contributed by atoms with van der Waals surface area (Å²) in [5, 5.41) is 3.20. The molecule has 1 aromatic rings. The Kier molecular flexibility index (Phi) is 9.05. The van der Waals surface area contributed by atoms with Gasteiger partial charge in [0.1, 0.15) is 0 Å². The number of carbonyl (C=O) groups is 3. The molecule has 1 aromatic carbocycles.